The number of hydrogen-bond acceptors (Lipinski definition) is 2. The zero-order valence-electron chi connectivity index (χ0n) is 8.09. The minimum Gasteiger partial charge on any atom is -0.330 e. The van der Waals surface area contributed by atoms with Crippen LogP contribution in [0.4, 0.5) is 0 Å². The van der Waals surface area contributed by atoms with Crippen molar-refractivity contribution in [1.82, 2.24) is 5.32 Å². The lowest BCUT2D eigenvalue weighted by atomic mass is 9.78. The second-order valence-electron chi connectivity index (χ2n) is 3.78. The number of benzene rings is 1. The van der Waals surface area contributed by atoms with E-state index in [0.29, 0.717) is 0 Å². The fourth-order valence-electron chi connectivity index (χ4n) is 2.10. The molecular weight excluding hydrogens is 240 g/mol. The summed E-state index contributed by atoms with van der Waals surface area (Å²) in [6, 6.07) is 8.39. The molecule has 0 bridgehead atoms. The molecule has 2 rings (SSSR count). The third-order valence-corrected chi connectivity index (χ3v) is 3.67. The Labute approximate surface area is 93.0 Å². The first-order valence-corrected chi connectivity index (χ1v) is 5.78. The predicted molar refractivity (Wildman–Crippen MR) is 62.1 cm³/mol. The van der Waals surface area contributed by atoms with Gasteiger partial charge >= 0.3 is 0 Å². The lowest BCUT2D eigenvalue weighted by Crippen LogP contribution is -2.55. The average molecular weight is 255 g/mol. The molecule has 3 heteroatoms. The normalized spacial score (nSPS) is 25.9. The molecule has 0 aliphatic carbocycles. The highest BCUT2D eigenvalue weighted by molar-refractivity contribution is 9.10. The first kappa shape index (κ1) is 10.1. The summed E-state index contributed by atoms with van der Waals surface area (Å²) in [5.41, 5.74) is 7.13. The minimum atomic E-state index is 0.134. The van der Waals surface area contributed by atoms with Crippen LogP contribution in [0.15, 0.2) is 28.7 Å². The van der Waals surface area contributed by atoms with Gasteiger partial charge in [-0.05, 0) is 37.6 Å². The predicted octanol–water partition coefficient (Wildman–Crippen LogP) is 1.99. The van der Waals surface area contributed by atoms with Gasteiger partial charge in [0.2, 0.25) is 0 Å². The Morgan fingerprint density at radius 1 is 1.43 bits per heavy atom. The van der Waals surface area contributed by atoms with Crippen LogP contribution in [0.5, 0.6) is 0 Å². The lowest BCUT2D eigenvalue weighted by Gasteiger charge is -2.44. The van der Waals surface area contributed by atoms with E-state index in [1.165, 1.54) is 16.5 Å². The van der Waals surface area contributed by atoms with E-state index in [0.717, 1.165) is 19.5 Å². The van der Waals surface area contributed by atoms with Gasteiger partial charge < -0.3 is 11.1 Å². The molecule has 0 saturated carbocycles. The number of nitrogens with one attached hydrogen (secondary N) is 1. The average Bonchev–Trinajstić information content (AvgIpc) is 2.13. The third kappa shape index (κ3) is 1.60. The van der Waals surface area contributed by atoms with E-state index in [1.807, 2.05) is 6.07 Å². The van der Waals surface area contributed by atoms with Crippen molar-refractivity contribution in [3.05, 3.63) is 34.3 Å². The first-order valence-electron chi connectivity index (χ1n) is 4.99. The summed E-state index contributed by atoms with van der Waals surface area (Å²) in [6.45, 7) is 1.83. The largest absolute Gasteiger partial charge is 0.330 e. The van der Waals surface area contributed by atoms with E-state index in [4.69, 9.17) is 5.73 Å². The van der Waals surface area contributed by atoms with Crippen molar-refractivity contribution < 1.29 is 0 Å². The van der Waals surface area contributed by atoms with Gasteiger partial charge in [-0.25, -0.2) is 0 Å². The number of rotatable bonds is 3. The molecule has 2 nitrogen and oxygen atoms in total. The Morgan fingerprint density at radius 3 is 2.64 bits per heavy atom. The SMILES string of the molecule is NCCC1(c2ccccc2Br)CCN1. The van der Waals surface area contributed by atoms with E-state index in [-0.39, 0.29) is 5.54 Å². The number of nitrogens with two attached hydrogens (primary N) is 1. The van der Waals surface area contributed by atoms with Crippen LogP contribution in [0.2, 0.25) is 0 Å². The Bertz CT molecular complexity index is 321. The van der Waals surface area contributed by atoms with Gasteiger partial charge in [0.25, 0.3) is 0 Å². The van der Waals surface area contributed by atoms with Gasteiger partial charge in [-0.3, -0.25) is 0 Å². The van der Waals surface area contributed by atoms with E-state index in [1.54, 1.807) is 0 Å². The molecule has 0 aromatic heterocycles. The van der Waals surface area contributed by atoms with Crippen LogP contribution < -0.4 is 11.1 Å². The van der Waals surface area contributed by atoms with Crippen LogP contribution >= 0.6 is 15.9 Å². The molecule has 0 spiro atoms. The summed E-state index contributed by atoms with van der Waals surface area (Å²) in [4.78, 5) is 0. The third-order valence-electron chi connectivity index (χ3n) is 2.98. The summed E-state index contributed by atoms with van der Waals surface area (Å²) in [5.74, 6) is 0. The molecule has 1 fully saturated rings. The van der Waals surface area contributed by atoms with Crippen LogP contribution in [-0.2, 0) is 5.54 Å². The topological polar surface area (TPSA) is 38.0 Å². The molecule has 1 aliphatic heterocycles. The molecule has 0 amide bonds. The minimum absolute atomic E-state index is 0.134. The monoisotopic (exact) mass is 254 g/mol. The van der Waals surface area contributed by atoms with Crippen molar-refractivity contribution in [3.63, 3.8) is 0 Å². The summed E-state index contributed by atoms with van der Waals surface area (Å²) >= 11 is 3.60. The van der Waals surface area contributed by atoms with Crippen molar-refractivity contribution in [2.24, 2.45) is 5.73 Å². The molecule has 1 atom stereocenters. The number of hydrogen-bond donors (Lipinski definition) is 2. The van der Waals surface area contributed by atoms with Gasteiger partial charge in [-0.15, -0.1) is 0 Å². The van der Waals surface area contributed by atoms with Crippen molar-refractivity contribution in [3.8, 4) is 0 Å². The highest BCUT2D eigenvalue weighted by atomic mass is 79.9. The molecule has 76 valence electrons. The highest BCUT2D eigenvalue weighted by Crippen LogP contribution is 2.38. The van der Waals surface area contributed by atoms with E-state index in [2.05, 4.69) is 39.4 Å². The standard InChI is InChI=1S/C11H15BrN2/c12-10-4-2-1-3-9(10)11(5-7-13)6-8-14-11/h1-4,14H,5-8,13H2. The molecule has 1 aromatic rings. The van der Waals surface area contributed by atoms with Gasteiger partial charge in [0, 0.05) is 10.0 Å². The smallest absolute Gasteiger partial charge is 0.0470 e. The molecule has 1 aliphatic rings. The fourth-order valence-corrected chi connectivity index (χ4v) is 2.76. The summed E-state index contributed by atoms with van der Waals surface area (Å²) < 4.78 is 1.18. The van der Waals surface area contributed by atoms with Crippen LogP contribution in [0.3, 0.4) is 0 Å². The second kappa shape index (κ2) is 4.01. The highest BCUT2D eigenvalue weighted by Gasteiger charge is 2.38. The van der Waals surface area contributed by atoms with E-state index < -0.39 is 0 Å². The summed E-state index contributed by atoms with van der Waals surface area (Å²) in [6.07, 6.45) is 2.20. The molecule has 1 aromatic carbocycles. The summed E-state index contributed by atoms with van der Waals surface area (Å²) in [7, 11) is 0. The van der Waals surface area contributed by atoms with Crippen molar-refractivity contribution >= 4 is 15.9 Å². The first-order chi connectivity index (χ1) is 6.78. The van der Waals surface area contributed by atoms with Gasteiger partial charge in [-0.2, -0.15) is 0 Å². The maximum absolute atomic E-state index is 5.66. The van der Waals surface area contributed by atoms with Crippen molar-refractivity contribution in [1.29, 1.82) is 0 Å². The van der Waals surface area contributed by atoms with Gasteiger partial charge in [-0.1, -0.05) is 34.1 Å². The maximum Gasteiger partial charge on any atom is 0.0470 e. The Hall–Kier alpha value is -0.380. The van der Waals surface area contributed by atoms with E-state index >= 15 is 0 Å². The second-order valence-corrected chi connectivity index (χ2v) is 4.63. The van der Waals surface area contributed by atoms with Crippen molar-refractivity contribution in [2.45, 2.75) is 18.4 Å². The molecule has 14 heavy (non-hydrogen) atoms. The maximum atomic E-state index is 5.66. The zero-order chi connectivity index (χ0) is 10.0. The molecule has 0 radical (unpaired) electrons. The molecule has 1 saturated heterocycles. The molecular formula is C11H15BrN2. The van der Waals surface area contributed by atoms with Gasteiger partial charge in [0.05, 0.1) is 0 Å². The van der Waals surface area contributed by atoms with Gasteiger partial charge in [0.15, 0.2) is 0 Å². The quantitative estimate of drug-likeness (QED) is 0.866. The number of halogens is 1. The van der Waals surface area contributed by atoms with Crippen LogP contribution in [0, 0.1) is 0 Å². The Balaban J connectivity index is 2.32. The van der Waals surface area contributed by atoms with E-state index in [9.17, 15) is 0 Å². The summed E-state index contributed by atoms with van der Waals surface area (Å²) in [5, 5.41) is 3.51. The Morgan fingerprint density at radius 2 is 2.14 bits per heavy atom. The van der Waals surface area contributed by atoms with Crippen molar-refractivity contribution in [2.75, 3.05) is 13.1 Å². The molecule has 1 unspecified atom stereocenters. The van der Waals surface area contributed by atoms with Crippen LogP contribution in [0.1, 0.15) is 18.4 Å². The zero-order valence-corrected chi connectivity index (χ0v) is 9.68. The van der Waals surface area contributed by atoms with Gasteiger partial charge in [0.1, 0.15) is 0 Å². The van der Waals surface area contributed by atoms with Crippen LogP contribution in [-0.4, -0.2) is 13.1 Å². The lowest BCUT2D eigenvalue weighted by molar-refractivity contribution is 0.195. The molecule has 1 heterocycles. The fraction of sp³-hybridized carbons (Fsp3) is 0.455. The molecule has 3 N–H and O–H groups in total. The van der Waals surface area contributed by atoms with Crippen LogP contribution in [0.25, 0.3) is 0 Å². The Kier molecular flexibility index (Phi) is 2.91.